The maximum Gasteiger partial charge on any atom is 0.408 e. The summed E-state index contributed by atoms with van der Waals surface area (Å²) in [5.74, 6) is -0.328. The van der Waals surface area contributed by atoms with Gasteiger partial charge in [-0.1, -0.05) is 48.5 Å². The molecule has 0 saturated heterocycles. The van der Waals surface area contributed by atoms with E-state index >= 15 is 0 Å². The number of carbonyl (C=O) groups excluding carboxylic acids is 3. The second-order valence-corrected chi connectivity index (χ2v) is 8.99. The molecule has 3 amide bonds. The van der Waals surface area contributed by atoms with E-state index < -0.39 is 23.8 Å². The van der Waals surface area contributed by atoms with Gasteiger partial charge in [0.05, 0.1) is 0 Å². The van der Waals surface area contributed by atoms with Crippen LogP contribution in [0, 0.1) is 6.92 Å². The van der Waals surface area contributed by atoms with Crippen molar-refractivity contribution >= 4 is 23.8 Å². The Morgan fingerprint density at radius 3 is 2.26 bits per heavy atom. The number of amides is 3. The van der Waals surface area contributed by atoms with Crippen LogP contribution in [0.4, 0.5) is 15.3 Å². The van der Waals surface area contributed by atoms with Crippen LogP contribution in [-0.2, 0) is 20.9 Å². The molecule has 0 aromatic heterocycles. The predicted molar refractivity (Wildman–Crippen MR) is 131 cm³/mol. The maximum absolute atomic E-state index is 12.9. The molecule has 184 valence electrons. The molecule has 0 aliphatic rings. The average molecular weight is 470 g/mol. The van der Waals surface area contributed by atoms with Crippen LogP contribution < -0.4 is 16.0 Å². The number of aryl methyl sites for hydroxylation is 1. The molecular formula is C26H35N3O5. The van der Waals surface area contributed by atoms with Gasteiger partial charge in [0, 0.05) is 12.2 Å². The lowest BCUT2D eigenvalue weighted by molar-refractivity contribution is -0.118. The third-order valence-electron chi connectivity index (χ3n) is 4.81. The van der Waals surface area contributed by atoms with Crippen molar-refractivity contribution in [3.05, 3.63) is 65.7 Å². The zero-order valence-electron chi connectivity index (χ0n) is 20.4. The zero-order valence-corrected chi connectivity index (χ0v) is 20.4. The highest BCUT2D eigenvalue weighted by Crippen LogP contribution is 2.15. The van der Waals surface area contributed by atoms with Gasteiger partial charge in [-0.25, -0.2) is 9.59 Å². The van der Waals surface area contributed by atoms with Gasteiger partial charge in [0.2, 0.25) is 5.91 Å². The zero-order chi connectivity index (χ0) is 25.0. The number of carbonyl (C=O) groups is 3. The van der Waals surface area contributed by atoms with Gasteiger partial charge >= 0.3 is 12.2 Å². The van der Waals surface area contributed by atoms with Crippen molar-refractivity contribution in [2.75, 3.05) is 11.9 Å². The molecule has 0 aliphatic heterocycles. The number of alkyl carbamates (subject to hydrolysis) is 2. The van der Waals surface area contributed by atoms with Crippen molar-refractivity contribution < 1.29 is 23.9 Å². The number of anilines is 1. The van der Waals surface area contributed by atoms with E-state index in [2.05, 4.69) is 16.0 Å². The van der Waals surface area contributed by atoms with Gasteiger partial charge < -0.3 is 25.4 Å². The molecule has 0 radical (unpaired) electrons. The highest BCUT2D eigenvalue weighted by Gasteiger charge is 2.22. The summed E-state index contributed by atoms with van der Waals surface area (Å²) >= 11 is 0. The highest BCUT2D eigenvalue weighted by atomic mass is 16.6. The van der Waals surface area contributed by atoms with Gasteiger partial charge in [0.25, 0.3) is 0 Å². The normalized spacial score (nSPS) is 11.8. The molecule has 8 nitrogen and oxygen atoms in total. The van der Waals surface area contributed by atoms with Crippen LogP contribution in [0.3, 0.4) is 0 Å². The fourth-order valence-electron chi connectivity index (χ4n) is 3.09. The molecule has 2 aromatic rings. The summed E-state index contributed by atoms with van der Waals surface area (Å²) in [6, 6.07) is 16.0. The lowest BCUT2D eigenvalue weighted by Gasteiger charge is -2.20. The first-order chi connectivity index (χ1) is 16.1. The van der Waals surface area contributed by atoms with E-state index in [-0.39, 0.29) is 12.5 Å². The molecule has 2 aromatic carbocycles. The number of hydrogen-bond acceptors (Lipinski definition) is 5. The Labute approximate surface area is 201 Å². The van der Waals surface area contributed by atoms with E-state index in [4.69, 9.17) is 9.47 Å². The molecule has 34 heavy (non-hydrogen) atoms. The maximum atomic E-state index is 12.9. The Morgan fingerprint density at radius 2 is 1.59 bits per heavy atom. The van der Waals surface area contributed by atoms with Crippen LogP contribution in [0.15, 0.2) is 54.6 Å². The van der Waals surface area contributed by atoms with Gasteiger partial charge in [-0.15, -0.1) is 0 Å². The van der Waals surface area contributed by atoms with Crippen LogP contribution >= 0.6 is 0 Å². The van der Waals surface area contributed by atoms with Gasteiger partial charge in [-0.3, -0.25) is 4.79 Å². The minimum absolute atomic E-state index is 0.110. The van der Waals surface area contributed by atoms with E-state index in [9.17, 15) is 14.4 Å². The Balaban J connectivity index is 1.89. The molecule has 8 heteroatoms. The number of ether oxygens (including phenoxy) is 2. The summed E-state index contributed by atoms with van der Waals surface area (Å²) < 4.78 is 10.5. The summed E-state index contributed by atoms with van der Waals surface area (Å²) in [7, 11) is 0. The monoisotopic (exact) mass is 469 g/mol. The van der Waals surface area contributed by atoms with Gasteiger partial charge in [-0.2, -0.15) is 0 Å². The lowest BCUT2D eigenvalue weighted by Crippen LogP contribution is -2.44. The summed E-state index contributed by atoms with van der Waals surface area (Å²) in [4.78, 5) is 37.1. The fourth-order valence-corrected chi connectivity index (χ4v) is 3.09. The van der Waals surface area contributed by atoms with E-state index in [1.807, 2.05) is 61.5 Å². The van der Waals surface area contributed by atoms with Crippen molar-refractivity contribution in [1.29, 1.82) is 0 Å². The van der Waals surface area contributed by atoms with E-state index in [1.54, 1.807) is 20.8 Å². The molecule has 0 saturated carbocycles. The molecule has 3 N–H and O–H groups in total. The second kappa shape index (κ2) is 13.2. The smallest absolute Gasteiger partial charge is 0.408 e. The average Bonchev–Trinajstić information content (AvgIpc) is 2.77. The van der Waals surface area contributed by atoms with E-state index in [1.165, 1.54) is 0 Å². The number of unbranched alkanes of at least 4 members (excludes halogenated alkanes) is 1. The van der Waals surface area contributed by atoms with Crippen LogP contribution in [-0.4, -0.2) is 36.3 Å². The Kier molecular flexibility index (Phi) is 10.4. The predicted octanol–water partition coefficient (Wildman–Crippen LogP) is 4.92. The van der Waals surface area contributed by atoms with Crippen molar-refractivity contribution in [1.82, 2.24) is 10.6 Å². The number of benzene rings is 2. The number of rotatable bonds is 10. The topological polar surface area (TPSA) is 106 Å². The minimum Gasteiger partial charge on any atom is -0.445 e. The summed E-state index contributed by atoms with van der Waals surface area (Å²) in [6.07, 6.45) is 0.452. The summed E-state index contributed by atoms with van der Waals surface area (Å²) in [5.41, 5.74) is 1.89. The van der Waals surface area contributed by atoms with Gasteiger partial charge in [0.1, 0.15) is 18.2 Å². The molecular weight excluding hydrogens is 434 g/mol. The molecule has 0 heterocycles. The molecule has 1 atom stereocenters. The van der Waals surface area contributed by atoms with Crippen molar-refractivity contribution in [3.63, 3.8) is 0 Å². The second-order valence-electron chi connectivity index (χ2n) is 8.99. The molecule has 0 unspecified atom stereocenters. The Morgan fingerprint density at radius 1 is 0.912 bits per heavy atom. The van der Waals surface area contributed by atoms with Crippen molar-refractivity contribution in [2.45, 2.75) is 65.2 Å². The van der Waals surface area contributed by atoms with E-state index in [0.717, 1.165) is 11.1 Å². The highest BCUT2D eigenvalue weighted by molar-refractivity contribution is 5.97. The Hall–Kier alpha value is -3.55. The quantitative estimate of drug-likeness (QED) is 0.428. The molecule has 0 aliphatic carbocycles. The fraction of sp³-hybridized carbons (Fsp3) is 0.423. The number of nitrogens with one attached hydrogen (secondary N) is 3. The standard InChI is InChI=1S/C26H35N3O5/c1-19-12-8-9-15-21(19)28-23(30)22(16-10-11-17-27-24(31)34-26(2,3)4)29-25(32)33-18-20-13-6-5-7-14-20/h5-9,12-15,22H,10-11,16-18H2,1-4H3,(H,27,31)(H,28,30)(H,29,32)/t22-/m0/s1. The third-order valence-corrected chi connectivity index (χ3v) is 4.81. The Bertz CT molecular complexity index is 941. The largest absolute Gasteiger partial charge is 0.445 e. The van der Waals surface area contributed by atoms with Gasteiger partial charge in [0.15, 0.2) is 0 Å². The first kappa shape index (κ1) is 26.7. The van der Waals surface area contributed by atoms with Gasteiger partial charge in [-0.05, 0) is 64.2 Å². The van der Waals surface area contributed by atoms with Crippen LogP contribution in [0.1, 0.15) is 51.2 Å². The summed E-state index contributed by atoms with van der Waals surface area (Å²) in [5, 5.41) is 8.24. The first-order valence-corrected chi connectivity index (χ1v) is 11.4. The molecule has 0 fully saturated rings. The lowest BCUT2D eigenvalue weighted by atomic mass is 10.1. The minimum atomic E-state index is -0.788. The first-order valence-electron chi connectivity index (χ1n) is 11.4. The van der Waals surface area contributed by atoms with Crippen molar-refractivity contribution in [2.24, 2.45) is 0 Å². The van der Waals surface area contributed by atoms with Crippen LogP contribution in [0.2, 0.25) is 0 Å². The molecule has 0 bridgehead atoms. The molecule has 2 rings (SSSR count). The van der Waals surface area contributed by atoms with Crippen molar-refractivity contribution in [3.8, 4) is 0 Å². The van der Waals surface area contributed by atoms with Crippen LogP contribution in [0.5, 0.6) is 0 Å². The third kappa shape index (κ3) is 10.4. The SMILES string of the molecule is Cc1ccccc1NC(=O)[C@H](CCCCNC(=O)OC(C)(C)C)NC(=O)OCc1ccccc1. The summed E-state index contributed by atoms with van der Waals surface area (Å²) in [6.45, 7) is 7.80. The van der Waals surface area contributed by atoms with E-state index in [0.29, 0.717) is 31.5 Å². The molecule has 0 spiro atoms. The number of hydrogen-bond donors (Lipinski definition) is 3. The number of para-hydroxylation sites is 1. The van der Waals surface area contributed by atoms with Crippen LogP contribution in [0.25, 0.3) is 0 Å².